The molecule has 0 radical (unpaired) electrons. The molecule has 0 atom stereocenters. The number of aromatic nitrogens is 2. The minimum absolute atomic E-state index is 0.167. The Morgan fingerprint density at radius 3 is 2.54 bits per heavy atom. The van der Waals surface area contributed by atoms with Crippen LogP contribution < -0.4 is 10.2 Å². The third-order valence-corrected chi connectivity index (χ3v) is 5.67. The molecule has 4 rings (SSSR count). The maximum Gasteiger partial charge on any atom is 0.228 e. The van der Waals surface area contributed by atoms with Crippen LogP contribution >= 0.6 is 11.6 Å². The molecule has 5 nitrogen and oxygen atoms in total. The van der Waals surface area contributed by atoms with E-state index in [1.54, 1.807) is 6.07 Å². The van der Waals surface area contributed by atoms with Gasteiger partial charge >= 0.3 is 0 Å². The van der Waals surface area contributed by atoms with E-state index in [9.17, 15) is 5.11 Å². The van der Waals surface area contributed by atoms with E-state index in [1.807, 2.05) is 36.4 Å². The number of nitrogens with zero attached hydrogens (tertiary/aromatic N) is 3. The van der Waals surface area contributed by atoms with Gasteiger partial charge in [-0.05, 0) is 56.2 Å². The lowest BCUT2D eigenvalue weighted by Crippen LogP contribution is -2.38. The van der Waals surface area contributed by atoms with Crippen LogP contribution in [0.15, 0.2) is 42.5 Å². The number of phenols is 1. The number of fused-ring (bicyclic) bond motifs is 1. The van der Waals surface area contributed by atoms with Crippen LogP contribution in [0.25, 0.3) is 10.9 Å². The van der Waals surface area contributed by atoms with Gasteiger partial charge in [0.2, 0.25) is 5.95 Å². The van der Waals surface area contributed by atoms with Crippen LogP contribution in [0, 0.1) is 0 Å². The van der Waals surface area contributed by atoms with Crippen molar-refractivity contribution in [2.24, 2.45) is 0 Å². The molecule has 28 heavy (non-hydrogen) atoms. The summed E-state index contributed by atoms with van der Waals surface area (Å²) in [4.78, 5) is 11.9. The predicted octanol–water partition coefficient (Wildman–Crippen LogP) is 5.89. The van der Waals surface area contributed by atoms with Crippen LogP contribution in [-0.4, -0.2) is 27.7 Å². The molecule has 2 N–H and O–H groups in total. The molecule has 3 aromatic rings. The molecule has 1 fully saturated rings. The molecule has 0 amide bonds. The monoisotopic (exact) mass is 396 g/mol. The highest BCUT2D eigenvalue weighted by Crippen LogP contribution is 2.33. The summed E-state index contributed by atoms with van der Waals surface area (Å²) in [6.45, 7) is 2.98. The molecule has 1 aliphatic rings. The van der Waals surface area contributed by atoms with Gasteiger partial charge in [-0.1, -0.05) is 36.9 Å². The number of hydrogen-bond donors (Lipinski definition) is 2. The van der Waals surface area contributed by atoms with Gasteiger partial charge in [-0.2, -0.15) is 4.98 Å². The molecule has 0 saturated heterocycles. The first-order valence-corrected chi connectivity index (χ1v) is 10.3. The fourth-order valence-corrected chi connectivity index (χ4v) is 4.10. The number of phenolic OH excluding ortho intramolecular Hbond substituents is 1. The second-order valence-electron chi connectivity index (χ2n) is 7.26. The Morgan fingerprint density at radius 2 is 1.82 bits per heavy atom. The van der Waals surface area contributed by atoms with Crippen molar-refractivity contribution in [2.75, 3.05) is 16.8 Å². The van der Waals surface area contributed by atoms with E-state index in [2.05, 4.69) is 17.1 Å². The van der Waals surface area contributed by atoms with Crippen molar-refractivity contribution in [1.82, 2.24) is 9.97 Å². The zero-order valence-corrected chi connectivity index (χ0v) is 16.8. The summed E-state index contributed by atoms with van der Waals surface area (Å²) in [5, 5.41) is 15.3. The number of halogens is 1. The minimum atomic E-state index is 0.167. The molecule has 146 valence electrons. The summed E-state index contributed by atoms with van der Waals surface area (Å²) >= 11 is 6.01. The third kappa shape index (κ3) is 3.85. The first-order valence-electron chi connectivity index (χ1n) is 9.94. The quantitative estimate of drug-likeness (QED) is 0.562. The number of anilines is 3. The Morgan fingerprint density at radius 1 is 1.07 bits per heavy atom. The fraction of sp³-hybridized carbons (Fsp3) is 0.364. The number of aromatic hydroxyl groups is 1. The van der Waals surface area contributed by atoms with E-state index in [-0.39, 0.29) is 5.75 Å². The van der Waals surface area contributed by atoms with E-state index in [1.165, 1.54) is 19.3 Å². The van der Waals surface area contributed by atoms with Crippen molar-refractivity contribution in [2.45, 2.75) is 45.1 Å². The number of nitrogens with one attached hydrogen (secondary N) is 1. The largest absolute Gasteiger partial charge is 0.506 e. The Bertz CT molecular complexity index is 955. The Balaban J connectivity index is 1.78. The van der Waals surface area contributed by atoms with Gasteiger partial charge in [0, 0.05) is 28.7 Å². The van der Waals surface area contributed by atoms with Crippen LogP contribution in [0.3, 0.4) is 0 Å². The van der Waals surface area contributed by atoms with Gasteiger partial charge in [0.15, 0.2) is 0 Å². The molecule has 1 saturated carbocycles. The molecule has 1 heterocycles. The van der Waals surface area contributed by atoms with Gasteiger partial charge in [-0.25, -0.2) is 4.98 Å². The predicted molar refractivity (Wildman–Crippen MR) is 116 cm³/mol. The molecule has 1 aromatic heterocycles. The average Bonchev–Trinajstić information content (AvgIpc) is 2.72. The lowest BCUT2D eigenvalue weighted by Gasteiger charge is -2.34. The smallest absolute Gasteiger partial charge is 0.228 e. The summed E-state index contributed by atoms with van der Waals surface area (Å²) in [5.74, 6) is 1.52. The van der Waals surface area contributed by atoms with E-state index < -0.39 is 0 Å². The second kappa shape index (κ2) is 8.23. The van der Waals surface area contributed by atoms with Gasteiger partial charge in [0.25, 0.3) is 0 Å². The fourth-order valence-electron chi connectivity index (χ4n) is 3.97. The number of benzene rings is 2. The first kappa shape index (κ1) is 18.8. The van der Waals surface area contributed by atoms with Gasteiger partial charge in [0.05, 0.1) is 0 Å². The summed E-state index contributed by atoms with van der Waals surface area (Å²) < 4.78 is 0. The average molecular weight is 397 g/mol. The summed E-state index contributed by atoms with van der Waals surface area (Å²) in [6.07, 6.45) is 6.12. The highest BCUT2D eigenvalue weighted by molar-refractivity contribution is 6.30. The molecular weight excluding hydrogens is 372 g/mol. The maximum atomic E-state index is 10.4. The van der Waals surface area contributed by atoms with Crippen molar-refractivity contribution in [1.29, 1.82) is 0 Å². The van der Waals surface area contributed by atoms with Gasteiger partial charge in [-0.3, -0.25) is 0 Å². The van der Waals surface area contributed by atoms with Crippen LogP contribution in [-0.2, 0) is 0 Å². The number of hydrogen-bond acceptors (Lipinski definition) is 5. The summed E-state index contributed by atoms with van der Waals surface area (Å²) in [5.41, 5.74) is 1.46. The molecule has 0 aliphatic heterocycles. The second-order valence-corrected chi connectivity index (χ2v) is 7.69. The van der Waals surface area contributed by atoms with E-state index in [0.29, 0.717) is 28.3 Å². The highest BCUT2D eigenvalue weighted by Gasteiger charge is 2.23. The van der Waals surface area contributed by atoms with Crippen molar-refractivity contribution in [3.63, 3.8) is 0 Å². The normalized spacial score (nSPS) is 14.9. The molecule has 2 aromatic carbocycles. The van der Waals surface area contributed by atoms with Crippen LogP contribution in [0.5, 0.6) is 5.75 Å². The van der Waals surface area contributed by atoms with E-state index in [0.717, 1.165) is 30.5 Å². The van der Waals surface area contributed by atoms with Gasteiger partial charge in [0.1, 0.15) is 17.1 Å². The highest BCUT2D eigenvalue weighted by atomic mass is 35.5. The Hall–Kier alpha value is -2.53. The minimum Gasteiger partial charge on any atom is -0.506 e. The van der Waals surface area contributed by atoms with Gasteiger partial charge in [-0.15, -0.1) is 0 Å². The topological polar surface area (TPSA) is 61.3 Å². The van der Waals surface area contributed by atoms with E-state index in [4.69, 9.17) is 21.6 Å². The van der Waals surface area contributed by atoms with Crippen LogP contribution in [0.1, 0.15) is 39.0 Å². The zero-order chi connectivity index (χ0) is 19.5. The number of para-hydroxylation sites is 1. The molecule has 0 unspecified atom stereocenters. The van der Waals surface area contributed by atoms with Crippen LogP contribution in [0.4, 0.5) is 17.5 Å². The maximum absolute atomic E-state index is 10.4. The van der Waals surface area contributed by atoms with E-state index >= 15 is 0 Å². The van der Waals surface area contributed by atoms with Gasteiger partial charge < -0.3 is 15.3 Å². The van der Waals surface area contributed by atoms with Crippen molar-refractivity contribution in [3.8, 4) is 5.75 Å². The standard InChI is InChI=1S/C22H25ClN4O/c1-2-27(17-7-4-3-5-8-17)22-25-20-18(9-6-10-19(20)28)21(26-22)24-16-13-11-15(23)12-14-16/h6,9-14,17,28H,2-5,7-8H2,1H3,(H,24,25,26). The molecule has 1 aliphatic carbocycles. The Kier molecular flexibility index (Phi) is 5.53. The van der Waals surface area contributed by atoms with Crippen molar-refractivity contribution >= 4 is 40.0 Å². The van der Waals surface area contributed by atoms with Crippen molar-refractivity contribution < 1.29 is 5.11 Å². The summed E-state index contributed by atoms with van der Waals surface area (Å²) in [6, 6.07) is 13.4. The zero-order valence-electron chi connectivity index (χ0n) is 16.0. The Labute approximate surface area is 170 Å². The molecule has 0 spiro atoms. The summed E-state index contributed by atoms with van der Waals surface area (Å²) in [7, 11) is 0. The van der Waals surface area contributed by atoms with Crippen molar-refractivity contribution in [3.05, 3.63) is 47.5 Å². The number of rotatable bonds is 5. The lowest BCUT2D eigenvalue weighted by molar-refractivity contribution is 0.414. The first-order chi connectivity index (χ1) is 13.7. The SMILES string of the molecule is CCN(c1nc(Nc2ccc(Cl)cc2)c2cccc(O)c2n1)C1CCCCC1. The lowest BCUT2D eigenvalue weighted by atomic mass is 9.94. The third-order valence-electron chi connectivity index (χ3n) is 5.41. The molecule has 6 heteroatoms. The molecular formula is C22H25ClN4O. The molecule has 0 bridgehead atoms. The van der Waals surface area contributed by atoms with Crippen LogP contribution in [0.2, 0.25) is 5.02 Å².